The van der Waals surface area contributed by atoms with Crippen molar-refractivity contribution in [3.8, 4) is 23.0 Å². The molecule has 6 saturated carbocycles. The van der Waals surface area contributed by atoms with Gasteiger partial charge in [-0.15, -0.1) is 0 Å². The van der Waals surface area contributed by atoms with E-state index in [0.29, 0.717) is 70.3 Å². The van der Waals surface area contributed by atoms with E-state index in [0.717, 1.165) is 25.7 Å². The first kappa shape index (κ1) is 49.6. The van der Waals surface area contributed by atoms with Gasteiger partial charge < -0.3 is 20.4 Å². The fourth-order valence-corrected chi connectivity index (χ4v) is 17.0. The standard InChI is InChI=1S/C66H90O4/c1-3-55(49-33-37-65(38-34-49,51-25-29-61(67)57(41-51)45-17-9-5-10-18-45)52-26-30-62(68)58(42-52)46-19-11-6-12-20-46)56(4-2)50-35-39-66(40-36-50,53-27-31-63(69)59(43-53)47-21-13-7-14-22-47)54-28-32-64(70)60(44-54)48-23-15-8-16-24-48/h25-32,41-50,55-56,67-70H,3-24,33-40H2,1-2H3. The van der Waals surface area contributed by atoms with Crippen LogP contribution >= 0.6 is 0 Å². The van der Waals surface area contributed by atoms with Crippen LogP contribution in [0.1, 0.15) is 275 Å². The van der Waals surface area contributed by atoms with Gasteiger partial charge in [0, 0.05) is 10.8 Å². The minimum absolute atomic E-state index is 0.142. The highest BCUT2D eigenvalue weighted by molar-refractivity contribution is 5.52. The molecule has 4 N–H and O–H groups in total. The maximum Gasteiger partial charge on any atom is 0.119 e. The third-order valence-corrected chi connectivity index (χ3v) is 21.0. The van der Waals surface area contributed by atoms with Crippen LogP contribution < -0.4 is 0 Å². The predicted molar refractivity (Wildman–Crippen MR) is 289 cm³/mol. The van der Waals surface area contributed by atoms with Crippen molar-refractivity contribution in [2.75, 3.05) is 0 Å². The zero-order chi connectivity index (χ0) is 48.2. The van der Waals surface area contributed by atoms with Gasteiger partial charge in [0.15, 0.2) is 0 Å². The molecular weight excluding hydrogens is 857 g/mol. The Bertz CT molecular complexity index is 2030. The molecule has 0 amide bonds. The van der Waals surface area contributed by atoms with Gasteiger partial charge in [-0.05, 0) is 219 Å². The summed E-state index contributed by atoms with van der Waals surface area (Å²) in [5.74, 6) is 6.35. The van der Waals surface area contributed by atoms with Gasteiger partial charge in [-0.2, -0.15) is 0 Å². The summed E-state index contributed by atoms with van der Waals surface area (Å²) < 4.78 is 0. The molecular formula is C66H90O4. The van der Waals surface area contributed by atoms with Gasteiger partial charge in [0.05, 0.1) is 0 Å². The number of rotatable bonds is 13. The highest BCUT2D eigenvalue weighted by atomic mass is 16.3. The van der Waals surface area contributed by atoms with E-state index in [2.05, 4.69) is 62.4 Å². The average Bonchev–Trinajstić information content (AvgIpc) is 3.42. The quantitative estimate of drug-likeness (QED) is 0.108. The van der Waals surface area contributed by atoms with Gasteiger partial charge in [0.2, 0.25) is 0 Å². The van der Waals surface area contributed by atoms with Crippen LogP contribution in [0.15, 0.2) is 72.8 Å². The third kappa shape index (κ3) is 9.95. The Labute approximate surface area is 423 Å². The number of benzene rings is 4. The molecule has 4 aromatic carbocycles. The van der Waals surface area contributed by atoms with E-state index in [1.54, 1.807) is 0 Å². The van der Waals surface area contributed by atoms with E-state index >= 15 is 0 Å². The van der Waals surface area contributed by atoms with E-state index in [1.165, 1.54) is 211 Å². The summed E-state index contributed by atoms with van der Waals surface area (Å²) in [6, 6.07) is 27.0. The minimum Gasteiger partial charge on any atom is -0.508 e. The summed E-state index contributed by atoms with van der Waals surface area (Å²) in [6.07, 6.45) is 36.3. The molecule has 0 saturated heterocycles. The number of hydrogen-bond donors (Lipinski definition) is 4. The van der Waals surface area contributed by atoms with Crippen LogP contribution in [0.5, 0.6) is 23.0 Å². The van der Waals surface area contributed by atoms with Crippen molar-refractivity contribution in [2.45, 2.75) is 241 Å². The summed E-state index contributed by atoms with van der Waals surface area (Å²) in [5, 5.41) is 45.7. The van der Waals surface area contributed by atoms with Gasteiger partial charge >= 0.3 is 0 Å². The summed E-state index contributed by atoms with van der Waals surface area (Å²) in [5.41, 5.74) is 9.94. The molecule has 2 unspecified atom stereocenters. The number of phenols is 4. The molecule has 0 aliphatic heterocycles. The van der Waals surface area contributed by atoms with E-state index < -0.39 is 0 Å². The first-order valence-electron chi connectivity index (χ1n) is 29.5. The Kier molecular flexibility index (Phi) is 15.6. The third-order valence-electron chi connectivity index (χ3n) is 21.0. The van der Waals surface area contributed by atoms with Crippen LogP contribution in [0.25, 0.3) is 0 Å². The van der Waals surface area contributed by atoms with Gasteiger partial charge in [0.25, 0.3) is 0 Å². The van der Waals surface area contributed by atoms with Crippen molar-refractivity contribution in [1.29, 1.82) is 0 Å². The predicted octanol–water partition coefficient (Wildman–Crippen LogP) is 18.4. The Morgan fingerprint density at radius 3 is 0.786 bits per heavy atom. The lowest BCUT2D eigenvalue weighted by Crippen LogP contribution is -2.40. The van der Waals surface area contributed by atoms with Crippen molar-refractivity contribution in [1.82, 2.24) is 0 Å². The highest BCUT2D eigenvalue weighted by Crippen LogP contribution is 2.57. The van der Waals surface area contributed by atoms with E-state index in [9.17, 15) is 20.4 Å². The van der Waals surface area contributed by atoms with Crippen LogP contribution in [-0.2, 0) is 10.8 Å². The van der Waals surface area contributed by atoms with Crippen LogP contribution in [0.2, 0.25) is 0 Å². The van der Waals surface area contributed by atoms with Crippen molar-refractivity contribution in [2.24, 2.45) is 23.7 Å². The molecule has 70 heavy (non-hydrogen) atoms. The lowest BCUT2D eigenvalue weighted by molar-refractivity contribution is 0.0781. The summed E-state index contributed by atoms with van der Waals surface area (Å²) in [6.45, 7) is 4.98. The van der Waals surface area contributed by atoms with Gasteiger partial charge in [-0.3, -0.25) is 0 Å². The summed E-state index contributed by atoms with van der Waals surface area (Å²) in [7, 11) is 0. The molecule has 0 bridgehead atoms. The average molecular weight is 947 g/mol. The molecule has 6 aliphatic carbocycles. The lowest BCUT2D eigenvalue weighted by Gasteiger charge is -2.48. The summed E-state index contributed by atoms with van der Waals surface area (Å²) in [4.78, 5) is 0. The summed E-state index contributed by atoms with van der Waals surface area (Å²) >= 11 is 0. The van der Waals surface area contributed by atoms with E-state index in [4.69, 9.17) is 0 Å². The van der Waals surface area contributed by atoms with Gasteiger partial charge in [0.1, 0.15) is 23.0 Å². The Balaban J connectivity index is 0.937. The number of phenolic OH excluding ortho intramolecular Hbond substituents is 4. The maximum atomic E-state index is 11.4. The molecule has 378 valence electrons. The highest BCUT2D eigenvalue weighted by Gasteiger charge is 2.46. The Morgan fingerprint density at radius 2 is 0.571 bits per heavy atom. The zero-order valence-electron chi connectivity index (χ0n) is 43.5. The van der Waals surface area contributed by atoms with Crippen molar-refractivity contribution in [3.05, 3.63) is 117 Å². The zero-order valence-corrected chi connectivity index (χ0v) is 43.5. The van der Waals surface area contributed by atoms with Crippen LogP contribution in [0.4, 0.5) is 0 Å². The molecule has 0 spiro atoms. The van der Waals surface area contributed by atoms with Crippen molar-refractivity contribution < 1.29 is 20.4 Å². The maximum absolute atomic E-state index is 11.4. The van der Waals surface area contributed by atoms with E-state index in [-0.39, 0.29) is 10.8 Å². The largest absolute Gasteiger partial charge is 0.508 e. The number of aromatic hydroxyl groups is 4. The fraction of sp³-hybridized carbons (Fsp3) is 0.636. The van der Waals surface area contributed by atoms with Crippen molar-refractivity contribution >= 4 is 0 Å². The van der Waals surface area contributed by atoms with Crippen LogP contribution in [0, 0.1) is 23.7 Å². The molecule has 0 heterocycles. The number of hydrogen-bond acceptors (Lipinski definition) is 4. The first-order chi connectivity index (χ1) is 34.2. The topological polar surface area (TPSA) is 80.9 Å². The molecule has 6 aliphatic rings. The molecule has 10 rings (SSSR count). The molecule has 2 atom stereocenters. The SMILES string of the molecule is CCC(C1CCC(c2ccc(O)c(C3CCCCC3)c2)(c2ccc(O)c(C3CCCCC3)c2)CC1)C(CC)C1CCC(c2ccc(O)c(C3CCCCC3)c2)(c2ccc(O)c(C3CCCCC3)c2)CC1. The molecule has 4 nitrogen and oxygen atoms in total. The Hall–Kier alpha value is -3.92. The molecule has 0 aromatic heterocycles. The second-order valence-corrected chi connectivity index (χ2v) is 24.4. The fourth-order valence-electron chi connectivity index (χ4n) is 17.0. The molecule has 4 aromatic rings. The second kappa shape index (κ2) is 22.1. The normalized spacial score (nSPS) is 23.5. The Morgan fingerprint density at radius 1 is 0.343 bits per heavy atom. The first-order valence-corrected chi connectivity index (χ1v) is 29.5. The van der Waals surface area contributed by atoms with Gasteiger partial charge in [-0.1, -0.05) is 152 Å². The van der Waals surface area contributed by atoms with Crippen LogP contribution in [-0.4, -0.2) is 20.4 Å². The minimum atomic E-state index is -0.142. The monoisotopic (exact) mass is 947 g/mol. The van der Waals surface area contributed by atoms with E-state index in [1.807, 2.05) is 24.3 Å². The van der Waals surface area contributed by atoms with Crippen molar-refractivity contribution in [3.63, 3.8) is 0 Å². The molecule has 4 heteroatoms. The van der Waals surface area contributed by atoms with Crippen LogP contribution in [0.3, 0.4) is 0 Å². The second-order valence-electron chi connectivity index (χ2n) is 24.4. The molecule has 6 fully saturated rings. The lowest BCUT2D eigenvalue weighted by atomic mass is 9.56. The smallest absolute Gasteiger partial charge is 0.119 e. The van der Waals surface area contributed by atoms with Gasteiger partial charge in [-0.25, -0.2) is 0 Å². The molecule has 0 radical (unpaired) electrons.